The maximum atomic E-state index is 12.3. The Morgan fingerprint density at radius 2 is 2.08 bits per heavy atom. The predicted molar refractivity (Wildman–Crippen MR) is 97.3 cm³/mol. The highest BCUT2D eigenvalue weighted by molar-refractivity contribution is 7.91. The summed E-state index contributed by atoms with van der Waals surface area (Å²) in [4.78, 5) is 12.2. The van der Waals surface area contributed by atoms with E-state index >= 15 is 0 Å². The summed E-state index contributed by atoms with van der Waals surface area (Å²) in [6, 6.07) is 6.56. The minimum absolute atomic E-state index is 0. The van der Waals surface area contributed by atoms with Crippen molar-refractivity contribution >= 4 is 33.8 Å². The van der Waals surface area contributed by atoms with Crippen LogP contribution in [0, 0.1) is 0 Å². The molecule has 1 atom stereocenters. The second kappa shape index (κ2) is 8.29. The lowest BCUT2D eigenvalue weighted by Crippen LogP contribution is -2.48. The number of nitrogens with one attached hydrogen (secondary N) is 2. The van der Waals surface area contributed by atoms with E-state index in [0.717, 1.165) is 0 Å². The average Bonchev–Trinajstić information content (AvgIpc) is 2.47. The number of hydrogen-bond donors (Lipinski definition) is 2. The van der Waals surface area contributed by atoms with Gasteiger partial charge in [0, 0.05) is 12.2 Å². The molecule has 6 nitrogen and oxygen atoms in total. The van der Waals surface area contributed by atoms with Gasteiger partial charge in [-0.2, -0.15) is 0 Å². The molecule has 0 aliphatic carbocycles. The number of sulfone groups is 1. The van der Waals surface area contributed by atoms with Crippen molar-refractivity contribution in [1.29, 1.82) is 0 Å². The van der Waals surface area contributed by atoms with Crippen molar-refractivity contribution in [3.05, 3.63) is 29.8 Å². The lowest BCUT2D eigenvalue weighted by molar-refractivity contribution is -0.120. The quantitative estimate of drug-likeness (QED) is 0.836. The molecule has 2 N–H and O–H groups in total. The summed E-state index contributed by atoms with van der Waals surface area (Å²) in [7, 11) is -3.26. The van der Waals surface area contributed by atoms with Gasteiger partial charge >= 0.3 is 0 Å². The molecule has 2 rings (SSSR count). The molecular weight excluding hydrogens is 352 g/mol. The molecule has 1 aromatic rings. The summed E-state index contributed by atoms with van der Waals surface area (Å²) in [6.45, 7) is 6.63. The van der Waals surface area contributed by atoms with Gasteiger partial charge in [-0.05, 0) is 38.5 Å². The van der Waals surface area contributed by atoms with E-state index in [0.29, 0.717) is 31.0 Å². The van der Waals surface area contributed by atoms with Gasteiger partial charge in [-0.1, -0.05) is 12.1 Å². The summed E-state index contributed by atoms with van der Waals surface area (Å²) in [5, 5.41) is 5.88. The number of benzene rings is 1. The largest absolute Gasteiger partial charge is 0.378 e. The van der Waals surface area contributed by atoms with E-state index < -0.39 is 14.6 Å². The number of anilines is 1. The molecule has 0 radical (unpaired) electrons. The van der Waals surface area contributed by atoms with Crippen molar-refractivity contribution in [3.63, 3.8) is 0 Å². The number of ether oxygens (including phenoxy) is 1. The Morgan fingerprint density at radius 1 is 1.38 bits per heavy atom. The molecule has 0 aromatic heterocycles. The highest BCUT2D eigenvalue weighted by Crippen LogP contribution is 2.22. The van der Waals surface area contributed by atoms with Gasteiger partial charge in [0.15, 0.2) is 9.84 Å². The molecule has 0 saturated carbocycles. The Labute approximate surface area is 149 Å². The number of carbonyl (C=O) groups is 1. The van der Waals surface area contributed by atoms with Crippen molar-refractivity contribution in [3.8, 4) is 0 Å². The van der Waals surface area contributed by atoms with Gasteiger partial charge in [0.25, 0.3) is 0 Å². The molecule has 1 saturated heterocycles. The Hall–Kier alpha value is -1.15. The first-order chi connectivity index (χ1) is 10.7. The molecular formula is C16H25ClN2O4S. The van der Waals surface area contributed by atoms with Crippen molar-refractivity contribution in [2.45, 2.75) is 37.3 Å². The van der Waals surface area contributed by atoms with Crippen LogP contribution in [0.25, 0.3) is 0 Å². The normalized spacial score (nSPS) is 18.5. The first kappa shape index (κ1) is 20.9. The first-order valence-corrected chi connectivity index (χ1v) is 9.27. The Kier molecular flexibility index (Phi) is 7.22. The zero-order chi connectivity index (χ0) is 17.1. The number of hydrogen-bond acceptors (Lipinski definition) is 5. The van der Waals surface area contributed by atoms with Crippen LogP contribution in [0.5, 0.6) is 0 Å². The second-order valence-corrected chi connectivity index (χ2v) is 9.39. The lowest BCUT2D eigenvalue weighted by atomic mass is 10.2. The third kappa shape index (κ3) is 5.44. The van der Waals surface area contributed by atoms with Crippen molar-refractivity contribution in [2.75, 3.05) is 25.1 Å². The first-order valence-electron chi connectivity index (χ1n) is 7.62. The van der Waals surface area contributed by atoms with Crippen LogP contribution in [0.15, 0.2) is 24.3 Å². The topological polar surface area (TPSA) is 84.5 Å². The molecule has 136 valence electrons. The molecule has 1 aliphatic rings. The third-order valence-electron chi connectivity index (χ3n) is 3.72. The van der Waals surface area contributed by atoms with E-state index in [2.05, 4.69) is 10.6 Å². The monoisotopic (exact) mass is 376 g/mol. The zero-order valence-corrected chi connectivity index (χ0v) is 15.8. The lowest BCUT2D eigenvalue weighted by Gasteiger charge is -2.23. The fourth-order valence-electron chi connectivity index (χ4n) is 2.14. The number of halogens is 1. The third-order valence-corrected chi connectivity index (χ3v) is 6.30. The maximum Gasteiger partial charge on any atom is 0.243 e. The van der Waals surface area contributed by atoms with Crippen LogP contribution in [-0.2, 0) is 25.1 Å². The van der Waals surface area contributed by atoms with Crippen molar-refractivity contribution in [2.24, 2.45) is 0 Å². The van der Waals surface area contributed by atoms with Crippen LogP contribution < -0.4 is 10.6 Å². The molecule has 1 aromatic carbocycles. The zero-order valence-electron chi connectivity index (χ0n) is 14.2. The molecule has 8 heteroatoms. The minimum Gasteiger partial charge on any atom is -0.378 e. The Balaban J connectivity index is 0.00000288. The molecule has 0 bridgehead atoms. The van der Waals surface area contributed by atoms with E-state index in [1.165, 1.54) is 0 Å². The number of amides is 1. The van der Waals surface area contributed by atoms with Gasteiger partial charge in [0.2, 0.25) is 5.91 Å². The summed E-state index contributed by atoms with van der Waals surface area (Å²) in [6.07, 6.45) is 0. The van der Waals surface area contributed by atoms with E-state index in [9.17, 15) is 13.2 Å². The summed E-state index contributed by atoms with van der Waals surface area (Å²) >= 11 is 0. The Morgan fingerprint density at radius 3 is 2.67 bits per heavy atom. The fourth-order valence-corrected chi connectivity index (χ4v) is 3.19. The Bertz CT molecular complexity index is 665. The number of carbonyl (C=O) groups excluding carboxylic acids is 1. The molecule has 1 amide bonds. The minimum atomic E-state index is -3.26. The summed E-state index contributed by atoms with van der Waals surface area (Å²) < 4.78 is 29.0. The van der Waals surface area contributed by atoms with Gasteiger partial charge in [-0.25, -0.2) is 8.42 Å². The van der Waals surface area contributed by atoms with Crippen LogP contribution in [0.4, 0.5) is 5.69 Å². The van der Waals surface area contributed by atoms with E-state index in [1.54, 1.807) is 45.0 Å². The van der Waals surface area contributed by atoms with Crippen LogP contribution in [0.2, 0.25) is 0 Å². The van der Waals surface area contributed by atoms with Crippen LogP contribution in [-0.4, -0.2) is 44.9 Å². The molecule has 1 heterocycles. The SMILES string of the molecule is CC(C)(C)S(=O)(=O)Cc1cccc(NC(=O)C2COCCN2)c1.Cl. The second-order valence-electron chi connectivity index (χ2n) is 6.64. The van der Waals surface area contributed by atoms with Gasteiger partial charge in [-0.15, -0.1) is 12.4 Å². The van der Waals surface area contributed by atoms with Crippen LogP contribution >= 0.6 is 12.4 Å². The standard InChI is InChI=1S/C16H24N2O4S.ClH/c1-16(2,3)23(20,21)11-12-5-4-6-13(9-12)18-15(19)14-10-22-8-7-17-14;/h4-6,9,14,17H,7-8,10-11H2,1-3H3,(H,18,19);1H. The molecule has 1 fully saturated rings. The maximum absolute atomic E-state index is 12.3. The van der Waals surface area contributed by atoms with E-state index in [1.807, 2.05) is 0 Å². The van der Waals surface area contributed by atoms with Crippen molar-refractivity contribution in [1.82, 2.24) is 5.32 Å². The van der Waals surface area contributed by atoms with Crippen LogP contribution in [0.3, 0.4) is 0 Å². The summed E-state index contributed by atoms with van der Waals surface area (Å²) in [5.41, 5.74) is 1.24. The van der Waals surface area contributed by atoms with Gasteiger partial charge in [0.1, 0.15) is 6.04 Å². The van der Waals surface area contributed by atoms with Gasteiger partial charge in [0.05, 0.1) is 23.7 Å². The molecule has 0 spiro atoms. The molecule has 24 heavy (non-hydrogen) atoms. The summed E-state index contributed by atoms with van der Waals surface area (Å²) in [5.74, 6) is -0.231. The van der Waals surface area contributed by atoms with E-state index in [-0.39, 0.29) is 30.1 Å². The number of rotatable bonds is 4. The van der Waals surface area contributed by atoms with Gasteiger partial charge < -0.3 is 15.4 Å². The average molecular weight is 377 g/mol. The van der Waals surface area contributed by atoms with Crippen molar-refractivity contribution < 1.29 is 17.9 Å². The highest BCUT2D eigenvalue weighted by Gasteiger charge is 2.29. The molecule has 1 unspecified atom stereocenters. The smallest absolute Gasteiger partial charge is 0.243 e. The fraction of sp³-hybridized carbons (Fsp3) is 0.562. The van der Waals surface area contributed by atoms with E-state index in [4.69, 9.17) is 4.74 Å². The van der Waals surface area contributed by atoms with Gasteiger partial charge in [-0.3, -0.25) is 4.79 Å². The molecule has 1 aliphatic heterocycles. The highest BCUT2D eigenvalue weighted by atomic mass is 35.5. The predicted octanol–water partition coefficient (Wildman–Crippen LogP) is 1.75. The van der Waals surface area contributed by atoms with Crippen LogP contribution in [0.1, 0.15) is 26.3 Å². The number of morpholine rings is 1.